The summed E-state index contributed by atoms with van der Waals surface area (Å²) in [6.07, 6.45) is 5.11. The number of hydrogen-bond donors (Lipinski definition) is 2. The zero-order valence-corrected chi connectivity index (χ0v) is 9.48. The van der Waals surface area contributed by atoms with E-state index in [1.54, 1.807) is 0 Å². The van der Waals surface area contributed by atoms with Gasteiger partial charge in [0, 0.05) is 24.3 Å². The van der Waals surface area contributed by atoms with Gasteiger partial charge in [0.25, 0.3) is 0 Å². The van der Waals surface area contributed by atoms with E-state index in [9.17, 15) is 0 Å². The van der Waals surface area contributed by atoms with Crippen molar-refractivity contribution in [3.05, 3.63) is 18.0 Å². The molecule has 1 saturated heterocycles. The minimum absolute atomic E-state index is 0.211. The molecule has 0 saturated carbocycles. The van der Waals surface area contributed by atoms with Gasteiger partial charge in [0.15, 0.2) is 0 Å². The first-order valence-electron chi connectivity index (χ1n) is 5.72. The molecule has 0 bridgehead atoms. The fourth-order valence-corrected chi connectivity index (χ4v) is 2.24. The summed E-state index contributed by atoms with van der Waals surface area (Å²) in [5, 5.41) is 7.78. The minimum Gasteiger partial charge on any atom is -0.326 e. The lowest BCUT2D eigenvalue weighted by Gasteiger charge is -2.33. The lowest BCUT2D eigenvalue weighted by Crippen LogP contribution is -2.46. The predicted molar refractivity (Wildman–Crippen MR) is 60.4 cm³/mol. The molecule has 2 heterocycles. The second-order valence-corrected chi connectivity index (χ2v) is 4.52. The van der Waals surface area contributed by atoms with Crippen LogP contribution in [-0.4, -0.2) is 22.4 Å². The van der Waals surface area contributed by atoms with Crippen LogP contribution in [-0.2, 0) is 6.54 Å². The summed E-state index contributed by atoms with van der Waals surface area (Å²) < 4.78 is 1.95. The van der Waals surface area contributed by atoms with Crippen molar-refractivity contribution in [1.82, 2.24) is 15.1 Å². The lowest BCUT2D eigenvalue weighted by molar-refractivity contribution is 0.291. The van der Waals surface area contributed by atoms with Gasteiger partial charge >= 0.3 is 0 Å². The van der Waals surface area contributed by atoms with Crippen LogP contribution in [0.1, 0.15) is 31.9 Å². The van der Waals surface area contributed by atoms with Crippen molar-refractivity contribution in [2.45, 2.75) is 38.9 Å². The van der Waals surface area contributed by atoms with Gasteiger partial charge < -0.3 is 11.1 Å². The molecule has 1 fully saturated rings. The van der Waals surface area contributed by atoms with Gasteiger partial charge in [0.1, 0.15) is 0 Å². The average molecular weight is 208 g/mol. The Labute approximate surface area is 90.8 Å². The summed E-state index contributed by atoms with van der Waals surface area (Å²) in [6, 6.07) is 0.491. The minimum atomic E-state index is 0.211. The number of nitrogens with one attached hydrogen (secondary N) is 1. The standard InChI is InChI=1S/C11H20N4/c1-3-15-7-9(6-14-15)11-10(12)4-8(2)5-13-11/h6-8,10-11,13H,3-5,12H2,1-2H3. The summed E-state index contributed by atoms with van der Waals surface area (Å²) in [4.78, 5) is 0. The third kappa shape index (κ3) is 2.21. The summed E-state index contributed by atoms with van der Waals surface area (Å²) in [5.41, 5.74) is 7.37. The maximum Gasteiger partial charge on any atom is 0.0538 e. The molecular formula is C11H20N4. The normalized spacial score (nSPS) is 31.8. The number of rotatable bonds is 2. The highest BCUT2D eigenvalue weighted by molar-refractivity contribution is 5.14. The first-order valence-corrected chi connectivity index (χ1v) is 5.72. The number of aryl methyl sites for hydroxylation is 1. The highest BCUT2D eigenvalue weighted by Crippen LogP contribution is 2.24. The first kappa shape index (κ1) is 10.6. The molecule has 3 N–H and O–H groups in total. The van der Waals surface area contributed by atoms with Gasteiger partial charge in [-0.05, 0) is 25.8 Å². The SMILES string of the molecule is CCn1cc(C2NCC(C)CC2N)cn1. The Morgan fingerprint density at radius 1 is 1.67 bits per heavy atom. The van der Waals surface area contributed by atoms with Gasteiger partial charge in [-0.1, -0.05) is 6.92 Å². The first-order chi connectivity index (χ1) is 7.20. The van der Waals surface area contributed by atoms with Crippen molar-refractivity contribution in [1.29, 1.82) is 0 Å². The van der Waals surface area contributed by atoms with Crippen LogP contribution in [0.3, 0.4) is 0 Å². The van der Waals surface area contributed by atoms with Crippen LogP contribution in [0, 0.1) is 5.92 Å². The van der Waals surface area contributed by atoms with Gasteiger partial charge in [-0.15, -0.1) is 0 Å². The molecule has 4 heteroatoms. The van der Waals surface area contributed by atoms with Crippen LogP contribution in [0.2, 0.25) is 0 Å². The number of nitrogens with two attached hydrogens (primary N) is 1. The van der Waals surface area contributed by atoms with Gasteiger partial charge in [-0.3, -0.25) is 4.68 Å². The van der Waals surface area contributed by atoms with Crippen LogP contribution in [0.5, 0.6) is 0 Å². The third-order valence-corrected chi connectivity index (χ3v) is 3.13. The van der Waals surface area contributed by atoms with Crippen molar-refractivity contribution in [3.8, 4) is 0 Å². The van der Waals surface area contributed by atoms with E-state index in [-0.39, 0.29) is 12.1 Å². The molecule has 84 valence electrons. The summed E-state index contributed by atoms with van der Waals surface area (Å²) in [5.74, 6) is 0.678. The molecule has 1 aromatic heterocycles. The van der Waals surface area contributed by atoms with Crippen LogP contribution < -0.4 is 11.1 Å². The predicted octanol–water partition coefficient (Wildman–Crippen LogP) is 0.901. The zero-order valence-electron chi connectivity index (χ0n) is 9.48. The smallest absolute Gasteiger partial charge is 0.0538 e. The number of piperidine rings is 1. The van der Waals surface area contributed by atoms with E-state index in [2.05, 4.69) is 30.5 Å². The molecule has 0 radical (unpaired) electrons. The second kappa shape index (κ2) is 4.33. The molecule has 0 aliphatic carbocycles. The van der Waals surface area contributed by atoms with E-state index in [0.717, 1.165) is 19.5 Å². The zero-order chi connectivity index (χ0) is 10.8. The molecule has 1 aromatic rings. The molecule has 0 amide bonds. The Morgan fingerprint density at radius 3 is 3.07 bits per heavy atom. The quantitative estimate of drug-likeness (QED) is 0.759. The van der Waals surface area contributed by atoms with Crippen LogP contribution >= 0.6 is 0 Å². The van der Waals surface area contributed by atoms with Crippen molar-refractivity contribution in [3.63, 3.8) is 0 Å². The van der Waals surface area contributed by atoms with Gasteiger partial charge in [-0.2, -0.15) is 5.10 Å². The fourth-order valence-electron chi connectivity index (χ4n) is 2.24. The molecule has 0 spiro atoms. The maximum absolute atomic E-state index is 6.15. The highest BCUT2D eigenvalue weighted by Gasteiger charge is 2.27. The molecule has 15 heavy (non-hydrogen) atoms. The Kier molecular flexibility index (Phi) is 3.07. The van der Waals surface area contributed by atoms with Crippen molar-refractivity contribution in [2.75, 3.05) is 6.54 Å². The van der Waals surface area contributed by atoms with E-state index >= 15 is 0 Å². The Bertz CT molecular complexity index is 320. The molecule has 1 aliphatic rings. The molecular weight excluding hydrogens is 188 g/mol. The third-order valence-electron chi connectivity index (χ3n) is 3.13. The van der Waals surface area contributed by atoms with E-state index in [0.29, 0.717) is 5.92 Å². The molecule has 3 unspecified atom stereocenters. The molecule has 4 nitrogen and oxygen atoms in total. The van der Waals surface area contributed by atoms with Crippen LogP contribution in [0.15, 0.2) is 12.4 Å². The monoisotopic (exact) mass is 208 g/mol. The topological polar surface area (TPSA) is 55.9 Å². The van der Waals surface area contributed by atoms with Gasteiger partial charge in [0.2, 0.25) is 0 Å². The Hall–Kier alpha value is -0.870. The number of nitrogens with zero attached hydrogens (tertiary/aromatic N) is 2. The van der Waals surface area contributed by atoms with Crippen molar-refractivity contribution >= 4 is 0 Å². The van der Waals surface area contributed by atoms with Gasteiger partial charge in [0.05, 0.1) is 12.2 Å². The fraction of sp³-hybridized carbons (Fsp3) is 0.727. The van der Waals surface area contributed by atoms with Crippen LogP contribution in [0.4, 0.5) is 0 Å². The summed E-state index contributed by atoms with van der Waals surface area (Å²) in [7, 11) is 0. The Balaban J connectivity index is 2.09. The van der Waals surface area contributed by atoms with E-state index in [1.165, 1.54) is 5.56 Å². The molecule has 2 rings (SSSR count). The van der Waals surface area contributed by atoms with Crippen molar-refractivity contribution < 1.29 is 0 Å². The van der Waals surface area contributed by atoms with Crippen molar-refractivity contribution in [2.24, 2.45) is 11.7 Å². The largest absolute Gasteiger partial charge is 0.326 e. The van der Waals surface area contributed by atoms with Crippen LogP contribution in [0.25, 0.3) is 0 Å². The molecule has 3 atom stereocenters. The maximum atomic E-state index is 6.15. The highest BCUT2D eigenvalue weighted by atomic mass is 15.3. The molecule has 1 aliphatic heterocycles. The number of aromatic nitrogens is 2. The number of hydrogen-bond acceptors (Lipinski definition) is 3. The lowest BCUT2D eigenvalue weighted by atomic mass is 9.89. The van der Waals surface area contributed by atoms with E-state index in [1.807, 2.05) is 10.9 Å². The van der Waals surface area contributed by atoms with E-state index < -0.39 is 0 Å². The average Bonchev–Trinajstić information content (AvgIpc) is 2.66. The van der Waals surface area contributed by atoms with Gasteiger partial charge in [-0.25, -0.2) is 0 Å². The summed E-state index contributed by atoms with van der Waals surface area (Å²) in [6.45, 7) is 6.29. The van der Waals surface area contributed by atoms with E-state index in [4.69, 9.17) is 5.73 Å². The second-order valence-electron chi connectivity index (χ2n) is 4.52. The Morgan fingerprint density at radius 2 is 2.47 bits per heavy atom. The summed E-state index contributed by atoms with van der Waals surface area (Å²) >= 11 is 0. The molecule has 0 aromatic carbocycles.